The number of anilines is 1. The number of hydrogen-bond donors (Lipinski definition) is 0. The summed E-state index contributed by atoms with van der Waals surface area (Å²) in [6, 6.07) is 4.02. The number of methoxy groups -OCH3 is 1. The van der Waals surface area contributed by atoms with Crippen LogP contribution in [0.2, 0.25) is 0 Å². The number of likely N-dealkylation sites (tertiary alicyclic amines) is 1. The monoisotopic (exact) mass is 507 g/mol. The van der Waals surface area contributed by atoms with E-state index in [9.17, 15) is 18.0 Å². The summed E-state index contributed by atoms with van der Waals surface area (Å²) in [4.78, 5) is 21.8. The Balaban J connectivity index is 1.26. The molecule has 2 bridgehead atoms. The van der Waals surface area contributed by atoms with E-state index in [1.807, 2.05) is 9.80 Å². The minimum atomic E-state index is -4.47. The summed E-state index contributed by atoms with van der Waals surface area (Å²) < 4.78 is 50.7. The van der Waals surface area contributed by atoms with Crippen LogP contribution in [0.5, 0.6) is 0 Å². The first kappa shape index (κ1) is 25.5. The summed E-state index contributed by atoms with van der Waals surface area (Å²) in [5, 5.41) is 0. The number of nitrogens with zero attached hydrogens (tertiary/aromatic N) is 3. The van der Waals surface area contributed by atoms with Gasteiger partial charge in [-0.3, -0.25) is 4.79 Å². The van der Waals surface area contributed by atoms with E-state index in [2.05, 4.69) is 31.0 Å². The van der Waals surface area contributed by atoms with Gasteiger partial charge in [-0.1, -0.05) is 32.1 Å². The first-order chi connectivity index (χ1) is 17.1. The van der Waals surface area contributed by atoms with Gasteiger partial charge in [0, 0.05) is 26.8 Å². The van der Waals surface area contributed by atoms with Gasteiger partial charge in [0.25, 0.3) is 0 Å². The van der Waals surface area contributed by atoms with Crippen LogP contribution >= 0.6 is 0 Å². The molecule has 0 N–H and O–H groups in total. The molecule has 6 atom stereocenters. The predicted octanol–water partition coefficient (Wildman–Crippen LogP) is 4.55. The third-order valence-electron chi connectivity index (χ3n) is 8.86. The van der Waals surface area contributed by atoms with E-state index in [4.69, 9.17) is 9.47 Å². The molecule has 6 nitrogen and oxygen atoms in total. The maximum Gasteiger partial charge on any atom is 0.433 e. The second-order valence-electron chi connectivity index (χ2n) is 11.2. The lowest BCUT2D eigenvalue weighted by Gasteiger charge is -2.41. The summed E-state index contributed by atoms with van der Waals surface area (Å²) in [5.41, 5.74) is -1.42. The van der Waals surface area contributed by atoms with Crippen LogP contribution in [-0.2, 0) is 20.4 Å². The van der Waals surface area contributed by atoms with E-state index in [-0.39, 0.29) is 30.0 Å². The SMILES string of the molecule is CO[C@@H]1COCC[C@@H]1C[C@@H]1C=C[C@@](C(=O)N2C[C@H]3C[C@@H]2CN3c2cccc(C(F)(F)F)n2)(C(C)C)C1. The normalized spacial score (nSPS) is 34.2. The van der Waals surface area contributed by atoms with Gasteiger partial charge in [0.05, 0.1) is 30.2 Å². The van der Waals surface area contributed by atoms with Crippen LogP contribution in [0.3, 0.4) is 0 Å². The Hall–Kier alpha value is -2.13. The highest BCUT2D eigenvalue weighted by atomic mass is 19.4. The van der Waals surface area contributed by atoms with Crippen molar-refractivity contribution in [1.82, 2.24) is 9.88 Å². The van der Waals surface area contributed by atoms with Crippen molar-refractivity contribution >= 4 is 11.7 Å². The molecule has 0 saturated carbocycles. The molecule has 5 rings (SSSR count). The van der Waals surface area contributed by atoms with Gasteiger partial charge in [0.1, 0.15) is 11.5 Å². The van der Waals surface area contributed by atoms with Crippen molar-refractivity contribution in [2.24, 2.45) is 23.2 Å². The third kappa shape index (κ3) is 4.53. The molecule has 3 saturated heterocycles. The Bertz CT molecular complexity index is 1000. The fraction of sp³-hybridized carbons (Fsp3) is 0.704. The first-order valence-corrected chi connectivity index (χ1v) is 13.0. The molecule has 198 valence electrons. The molecule has 0 spiro atoms. The van der Waals surface area contributed by atoms with Crippen LogP contribution in [0.15, 0.2) is 30.4 Å². The summed E-state index contributed by atoms with van der Waals surface area (Å²) in [6.07, 6.45) is 3.52. The molecule has 0 radical (unpaired) electrons. The third-order valence-corrected chi connectivity index (χ3v) is 8.86. The number of alkyl halides is 3. The Morgan fingerprint density at radius 2 is 2.08 bits per heavy atom. The summed E-state index contributed by atoms with van der Waals surface area (Å²) in [5.74, 6) is 1.40. The molecular formula is C27H36F3N3O3. The summed E-state index contributed by atoms with van der Waals surface area (Å²) in [7, 11) is 1.74. The molecule has 1 amide bonds. The van der Waals surface area contributed by atoms with E-state index in [0.717, 1.165) is 38.4 Å². The number of fused-ring (bicyclic) bond motifs is 2. The smallest absolute Gasteiger partial charge is 0.379 e. The number of carbonyl (C=O) groups is 1. The van der Waals surface area contributed by atoms with Gasteiger partial charge in [-0.2, -0.15) is 13.2 Å². The van der Waals surface area contributed by atoms with Crippen molar-refractivity contribution in [3.8, 4) is 0 Å². The first-order valence-electron chi connectivity index (χ1n) is 13.0. The second kappa shape index (κ2) is 9.63. The molecule has 1 aromatic heterocycles. The number of rotatable bonds is 6. The van der Waals surface area contributed by atoms with E-state index in [1.54, 1.807) is 13.2 Å². The molecule has 1 aromatic rings. The molecule has 1 aliphatic carbocycles. The Morgan fingerprint density at radius 1 is 1.28 bits per heavy atom. The van der Waals surface area contributed by atoms with E-state index < -0.39 is 17.3 Å². The number of ether oxygens (including phenoxy) is 2. The van der Waals surface area contributed by atoms with Gasteiger partial charge >= 0.3 is 6.18 Å². The van der Waals surface area contributed by atoms with E-state index in [1.165, 1.54) is 6.07 Å². The topological polar surface area (TPSA) is 54.9 Å². The zero-order chi connectivity index (χ0) is 25.7. The van der Waals surface area contributed by atoms with Crippen molar-refractivity contribution in [3.63, 3.8) is 0 Å². The molecule has 0 aromatic carbocycles. The van der Waals surface area contributed by atoms with Gasteiger partial charge < -0.3 is 19.3 Å². The quantitative estimate of drug-likeness (QED) is 0.529. The van der Waals surface area contributed by atoms with Crippen LogP contribution in [0.25, 0.3) is 0 Å². The Morgan fingerprint density at radius 3 is 2.75 bits per heavy atom. The minimum absolute atomic E-state index is 0.00437. The van der Waals surface area contributed by atoms with Crippen molar-refractivity contribution in [2.75, 3.05) is 38.3 Å². The maximum atomic E-state index is 14.0. The van der Waals surface area contributed by atoms with Crippen molar-refractivity contribution in [2.45, 2.75) is 63.9 Å². The fourth-order valence-electron chi connectivity index (χ4n) is 6.75. The zero-order valence-electron chi connectivity index (χ0n) is 21.2. The number of piperazine rings is 1. The molecule has 4 aliphatic rings. The summed E-state index contributed by atoms with van der Waals surface area (Å²) >= 11 is 0. The standard InChI is InChI=1S/C27H36F3N3O3/c1-17(2)26(9-7-18(13-26)11-19-8-10-36-16-22(19)35-3)25(34)33-15-20-12-21(33)14-32(20)24-6-4-5-23(31-24)27(28,29)30/h4-7,9,17-22H,8,10-16H2,1-3H3/t18-,19+,20+,21+,22+,26-/m0/s1. The number of amides is 1. The van der Waals surface area contributed by atoms with Crippen LogP contribution < -0.4 is 4.90 Å². The van der Waals surface area contributed by atoms with Crippen molar-refractivity contribution < 1.29 is 27.4 Å². The van der Waals surface area contributed by atoms with Crippen LogP contribution in [0, 0.1) is 23.2 Å². The largest absolute Gasteiger partial charge is 0.433 e. The fourth-order valence-corrected chi connectivity index (χ4v) is 6.75. The number of aromatic nitrogens is 1. The van der Waals surface area contributed by atoms with Gasteiger partial charge in [0.2, 0.25) is 5.91 Å². The van der Waals surface area contributed by atoms with E-state index in [0.29, 0.717) is 37.4 Å². The van der Waals surface area contributed by atoms with Gasteiger partial charge in [0.15, 0.2) is 0 Å². The molecule has 3 aliphatic heterocycles. The zero-order valence-corrected chi connectivity index (χ0v) is 21.2. The molecule has 0 unspecified atom stereocenters. The van der Waals surface area contributed by atoms with Gasteiger partial charge in [-0.05, 0) is 55.6 Å². The van der Waals surface area contributed by atoms with Gasteiger partial charge in [-0.25, -0.2) is 4.98 Å². The minimum Gasteiger partial charge on any atom is -0.379 e. The molecule has 36 heavy (non-hydrogen) atoms. The van der Waals surface area contributed by atoms with Gasteiger partial charge in [-0.15, -0.1) is 0 Å². The lowest BCUT2D eigenvalue weighted by atomic mass is 9.72. The number of allylic oxidation sites excluding steroid dienone is 1. The lowest BCUT2D eigenvalue weighted by molar-refractivity contribution is -0.143. The highest BCUT2D eigenvalue weighted by molar-refractivity contribution is 5.86. The molecule has 9 heteroatoms. The van der Waals surface area contributed by atoms with Crippen LogP contribution in [-0.4, -0.2) is 67.4 Å². The summed E-state index contributed by atoms with van der Waals surface area (Å²) in [6.45, 7) is 6.65. The van der Waals surface area contributed by atoms with Crippen molar-refractivity contribution in [3.05, 3.63) is 36.0 Å². The van der Waals surface area contributed by atoms with E-state index >= 15 is 0 Å². The Labute approximate surface area is 210 Å². The van der Waals surface area contributed by atoms with Crippen molar-refractivity contribution in [1.29, 1.82) is 0 Å². The Kier molecular flexibility index (Phi) is 6.83. The van der Waals surface area contributed by atoms with Crippen LogP contribution in [0.4, 0.5) is 19.0 Å². The molecule has 4 heterocycles. The highest BCUT2D eigenvalue weighted by Gasteiger charge is 2.53. The van der Waals surface area contributed by atoms with Crippen LogP contribution in [0.1, 0.15) is 45.2 Å². The number of halogens is 3. The highest BCUT2D eigenvalue weighted by Crippen LogP contribution is 2.48. The molecule has 3 fully saturated rings. The number of carbonyl (C=O) groups excluding carboxylic acids is 1. The maximum absolute atomic E-state index is 14.0. The molecular weight excluding hydrogens is 471 g/mol. The number of pyridine rings is 1. The predicted molar refractivity (Wildman–Crippen MR) is 129 cm³/mol. The lowest BCUT2D eigenvalue weighted by Crippen LogP contribution is -2.54. The average Bonchev–Trinajstić information content (AvgIpc) is 3.58. The second-order valence-corrected chi connectivity index (χ2v) is 11.2. The average molecular weight is 508 g/mol. The number of hydrogen-bond acceptors (Lipinski definition) is 5.